The van der Waals surface area contributed by atoms with Gasteiger partial charge in [0.25, 0.3) is 6.33 Å². The number of rotatable bonds is 1. The molecule has 0 aliphatic rings. The fourth-order valence-corrected chi connectivity index (χ4v) is 0.700. The van der Waals surface area contributed by atoms with E-state index in [2.05, 4.69) is 5.10 Å². The van der Waals surface area contributed by atoms with Crippen LogP contribution in [0.2, 0.25) is 0 Å². The summed E-state index contributed by atoms with van der Waals surface area (Å²) in [6, 6.07) is -0.0615. The van der Waals surface area contributed by atoms with Crippen molar-refractivity contribution in [1.29, 1.82) is 0 Å². The lowest BCUT2D eigenvalue weighted by Gasteiger charge is -1.99. The number of hydrogen-bond donors (Lipinski definition) is 0. The quantitative estimate of drug-likeness (QED) is 0.595. The summed E-state index contributed by atoms with van der Waals surface area (Å²) in [6.07, 6.45) is -2.70. The highest BCUT2D eigenvalue weighted by molar-refractivity contribution is 4.53. The van der Waals surface area contributed by atoms with Crippen LogP contribution in [0.1, 0.15) is 19.9 Å². The zero-order valence-electron chi connectivity index (χ0n) is 6.71. The van der Waals surface area contributed by atoms with Gasteiger partial charge in [-0.2, -0.15) is 0 Å². The Morgan fingerprint density at radius 2 is 2.00 bits per heavy atom. The largest absolute Gasteiger partial charge is 0.543 e. The first kappa shape index (κ1) is 9.02. The molecule has 0 aromatic carbocycles. The summed E-state index contributed by atoms with van der Waals surface area (Å²) in [5.74, 6) is 0. The van der Waals surface area contributed by atoms with Gasteiger partial charge in [-0.25, -0.2) is 0 Å². The van der Waals surface area contributed by atoms with E-state index in [0.717, 1.165) is 12.7 Å². The van der Waals surface area contributed by atoms with Gasteiger partial charge in [0.05, 0.1) is 0 Å². The number of aromatic nitrogens is 3. The van der Waals surface area contributed by atoms with Crippen molar-refractivity contribution in [2.24, 2.45) is 0 Å². The van der Waals surface area contributed by atoms with E-state index in [0.29, 0.717) is 0 Å². The van der Waals surface area contributed by atoms with Gasteiger partial charge in [-0.3, -0.25) is 0 Å². The summed E-state index contributed by atoms with van der Waals surface area (Å²) in [5.41, 5.74) is 0. The van der Waals surface area contributed by atoms with E-state index in [1.54, 1.807) is 13.8 Å². The Bertz CT molecular complexity index is 263. The van der Waals surface area contributed by atoms with Crippen LogP contribution >= 0.6 is 0 Å². The lowest BCUT2D eigenvalue weighted by atomic mass is 10.4. The van der Waals surface area contributed by atoms with E-state index < -0.39 is 6.30 Å². The molecule has 0 N–H and O–H groups in total. The van der Waals surface area contributed by atoms with Crippen LogP contribution in [0.3, 0.4) is 0 Å². The average Bonchev–Trinajstić information content (AvgIpc) is 2.30. The zero-order valence-corrected chi connectivity index (χ0v) is 6.71. The predicted octanol–water partition coefficient (Wildman–Crippen LogP) is 1.23. The Kier molecular flexibility index (Phi) is 2.08. The molecular weight excluding hydrogens is 171 g/mol. The van der Waals surface area contributed by atoms with Gasteiger partial charge in [0.15, 0.2) is 0 Å². The second-order valence-electron chi connectivity index (χ2n) is 2.70. The summed E-state index contributed by atoms with van der Waals surface area (Å²) in [6.45, 7) is 3.52. The summed E-state index contributed by atoms with van der Waals surface area (Å²) in [4.78, 5) is 0. The van der Waals surface area contributed by atoms with E-state index in [1.165, 1.54) is 4.68 Å². The first-order valence-electron chi connectivity index (χ1n) is 3.44. The summed E-state index contributed by atoms with van der Waals surface area (Å²) >= 11 is 0. The van der Waals surface area contributed by atoms with E-state index in [9.17, 15) is 13.2 Å². The van der Waals surface area contributed by atoms with Gasteiger partial charge in [0.2, 0.25) is 6.33 Å². The molecule has 0 bridgehead atoms. The van der Waals surface area contributed by atoms with Crippen molar-refractivity contribution < 1.29 is 17.7 Å². The molecule has 0 fully saturated rings. The second-order valence-corrected chi connectivity index (χ2v) is 2.70. The molecule has 0 atom stereocenters. The molecule has 0 spiro atoms. The van der Waals surface area contributed by atoms with Crippen molar-refractivity contribution >= 4 is 0 Å². The smallest absolute Gasteiger partial charge is 0.142 e. The molecule has 12 heavy (non-hydrogen) atoms. The van der Waals surface area contributed by atoms with Crippen LogP contribution in [0.5, 0.6) is 0 Å². The number of alkyl halides is 3. The van der Waals surface area contributed by atoms with Crippen molar-refractivity contribution in [3.63, 3.8) is 0 Å². The van der Waals surface area contributed by atoms with Crippen molar-refractivity contribution in [2.75, 3.05) is 0 Å². The molecule has 1 aromatic rings. The van der Waals surface area contributed by atoms with E-state index in [4.69, 9.17) is 0 Å². The normalized spacial score (nSPS) is 12.5. The topological polar surface area (TPSA) is 21.7 Å². The highest BCUT2D eigenvalue weighted by Gasteiger charge is 2.36. The van der Waals surface area contributed by atoms with Crippen molar-refractivity contribution in [3.05, 3.63) is 12.7 Å². The lowest BCUT2D eigenvalue weighted by molar-refractivity contribution is -0.855. The van der Waals surface area contributed by atoms with Gasteiger partial charge in [0.1, 0.15) is 6.04 Å². The minimum Gasteiger partial charge on any atom is -0.142 e. The van der Waals surface area contributed by atoms with Crippen LogP contribution in [-0.2, 0) is 6.30 Å². The zero-order chi connectivity index (χ0) is 9.35. The number of halogens is 3. The summed E-state index contributed by atoms with van der Waals surface area (Å²) in [5, 5.41) is 3.54. The highest BCUT2D eigenvalue weighted by Crippen LogP contribution is 2.13. The molecule has 1 rings (SSSR count). The SMILES string of the molecule is CC(C)n1c[n+](C(F)(F)F)cn1. The number of nitrogens with zero attached hydrogens (tertiary/aromatic N) is 3. The third kappa shape index (κ3) is 1.75. The fraction of sp³-hybridized carbons (Fsp3) is 0.667. The molecule has 6 heteroatoms. The van der Waals surface area contributed by atoms with E-state index in [-0.39, 0.29) is 10.6 Å². The van der Waals surface area contributed by atoms with Crippen LogP contribution in [-0.4, -0.2) is 9.78 Å². The van der Waals surface area contributed by atoms with Gasteiger partial charge < -0.3 is 0 Å². The van der Waals surface area contributed by atoms with Crippen molar-refractivity contribution in [3.8, 4) is 0 Å². The van der Waals surface area contributed by atoms with Gasteiger partial charge in [0, 0.05) is 5.10 Å². The number of hydrogen-bond acceptors (Lipinski definition) is 1. The Morgan fingerprint density at radius 3 is 2.25 bits per heavy atom. The average molecular weight is 180 g/mol. The molecule has 0 aliphatic carbocycles. The van der Waals surface area contributed by atoms with Crippen LogP contribution in [0.15, 0.2) is 12.7 Å². The molecule has 0 saturated heterocycles. The molecule has 0 aliphatic heterocycles. The Labute approximate surface area is 67.4 Å². The Hall–Kier alpha value is -1.07. The maximum Gasteiger partial charge on any atom is 0.543 e. The van der Waals surface area contributed by atoms with Crippen molar-refractivity contribution in [2.45, 2.75) is 26.2 Å². The third-order valence-electron chi connectivity index (χ3n) is 1.37. The first-order chi connectivity index (χ1) is 5.41. The van der Waals surface area contributed by atoms with E-state index >= 15 is 0 Å². The van der Waals surface area contributed by atoms with Crippen LogP contribution < -0.4 is 4.57 Å². The molecule has 1 heterocycles. The minimum absolute atomic E-state index is 0.0615. The maximum atomic E-state index is 12.0. The molecule has 0 radical (unpaired) electrons. The lowest BCUT2D eigenvalue weighted by Crippen LogP contribution is -2.45. The third-order valence-corrected chi connectivity index (χ3v) is 1.37. The monoisotopic (exact) mass is 180 g/mol. The maximum absolute atomic E-state index is 12.0. The fourth-order valence-electron chi connectivity index (χ4n) is 0.700. The van der Waals surface area contributed by atoms with Gasteiger partial charge in [-0.15, -0.1) is 22.4 Å². The molecule has 3 nitrogen and oxygen atoms in total. The summed E-state index contributed by atoms with van der Waals surface area (Å²) < 4.78 is 37.3. The molecule has 1 aromatic heterocycles. The molecule has 0 amide bonds. The van der Waals surface area contributed by atoms with Crippen LogP contribution in [0.4, 0.5) is 13.2 Å². The molecule has 68 valence electrons. The Morgan fingerprint density at radius 1 is 1.42 bits per heavy atom. The summed E-state index contributed by atoms with van der Waals surface area (Å²) in [7, 11) is 0. The van der Waals surface area contributed by atoms with Gasteiger partial charge in [-0.05, 0) is 13.8 Å². The molecule has 0 unspecified atom stereocenters. The van der Waals surface area contributed by atoms with Gasteiger partial charge in [-0.1, -0.05) is 0 Å². The predicted molar refractivity (Wildman–Crippen MR) is 34.1 cm³/mol. The molecule has 0 saturated carbocycles. The Balaban J connectivity index is 2.92. The first-order valence-corrected chi connectivity index (χ1v) is 3.44. The minimum atomic E-state index is -4.37. The van der Waals surface area contributed by atoms with Crippen LogP contribution in [0, 0.1) is 0 Å². The second kappa shape index (κ2) is 2.76. The van der Waals surface area contributed by atoms with Crippen molar-refractivity contribution in [1.82, 2.24) is 9.78 Å². The van der Waals surface area contributed by atoms with Crippen LogP contribution in [0.25, 0.3) is 0 Å². The highest BCUT2D eigenvalue weighted by atomic mass is 19.4. The standard InChI is InChI=1S/C6H9F3N3/c1-5(2)12-4-11(3-10-12)6(7,8)9/h3-5H,1-2H3/q+1. The van der Waals surface area contributed by atoms with E-state index in [1.807, 2.05) is 0 Å². The molecular formula is C6H9F3N3+. The van der Waals surface area contributed by atoms with Gasteiger partial charge >= 0.3 is 6.30 Å².